The van der Waals surface area contributed by atoms with Crippen molar-refractivity contribution >= 4 is 8.07 Å². The lowest BCUT2D eigenvalue weighted by atomic mass is 10.1. The van der Waals surface area contributed by atoms with Gasteiger partial charge in [0.05, 0.1) is 5.56 Å². The van der Waals surface area contributed by atoms with Crippen molar-refractivity contribution in [1.29, 1.82) is 0 Å². The highest BCUT2D eigenvalue weighted by molar-refractivity contribution is 6.83. The lowest BCUT2D eigenvalue weighted by Crippen LogP contribution is -2.16. The van der Waals surface area contributed by atoms with Crippen molar-refractivity contribution in [2.24, 2.45) is 0 Å². The molecular weight excluding hydrogens is 245 g/mol. The van der Waals surface area contributed by atoms with Gasteiger partial charge in [0.1, 0.15) is 13.8 Å². The van der Waals surface area contributed by atoms with Gasteiger partial charge < -0.3 is 5.11 Å². The molecule has 5 heteroatoms. The highest BCUT2D eigenvalue weighted by Crippen LogP contribution is 2.33. The van der Waals surface area contributed by atoms with Crippen LogP contribution in [0.1, 0.15) is 11.1 Å². The van der Waals surface area contributed by atoms with Crippen LogP contribution in [0.4, 0.5) is 13.2 Å². The molecule has 0 bridgehead atoms. The average molecular weight is 258 g/mol. The number of phenols is 1. The molecular formula is C12H13F3OSi. The number of alkyl halides is 3. The molecule has 0 aliphatic heterocycles. The Bertz CT molecular complexity index is 475. The molecule has 0 atom stereocenters. The predicted molar refractivity (Wildman–Crippen MR) is 63.3 cm³/mol. The second kappa shape index (κ2) is 4.45. The zero-order valence-electron chi connectivity index (χ0n) is 9.81. The molecule has 92 valence electrons. The second-order valence-corrected chi connectivity index (χ2v) is 9.48. The van der Waals surface area contributed by atoms with Crippen LogP contribution < -0.4 is 0 Å². The van der Waals surface area contributed by atoms with Crippen LogP contribution in [-0.2, 0) is 6.18 Å². The Balaban J connectivity index is 3.29. The fourth-order valence-corrected chi connectivity index (χ4v) is 1.64. The van der Waals surface area contributed by atoms with Crippen LogP contribution in [0.25, 0.3) is 0 Å². The van der Waals surface area contributed by atoms with E-state index in [1.54, 1.807) is 0 Å². The van der Waals surface area contributed by atoms with Crippen LogP contribution in [0.2, 0.25) is 19.6 Å². The number of rotatable bonds is 0. The van der Waals surface area contributed by atoms with Gasteiger partial charge in [0.2, 0.25) is 0 Å². The molecule has 0 radical (unpaired) electrons. The molecule has 0 aliphatic rings. The van der Waals surface area contributed by atoms with Gasteiger partial charge in [-0.3, -0.25) is 0 Å². The lowest BCUT2D eigenvalue weighted by molar-refractivity contribution is -0.137. The summed E-state index contributed by atoms with van der Waals surface area (Å²) < 4.78 is 38.0. The summed E-state index contributed by atoms with van der Waals surface area (Å²) in [6.07, 6.45) is -4.50. The van der Waals surface area contributed by atoms with E-state index in [4.69, 9.17) is 5.11 Å². The highest BCUT2D eigenvalue weighted by Gasteiger charge is 2.33. The van der Waals surface area contributed by atoms with Gasteiger partial charge in [-0.1, -0.05) is 25.6 Å². The van der Waals surface area contributed by atoms with E-state index in [1.165, 1.54) is 12.1 Å². The third-order valence-corrected chi connectivity index (χ3v) is 2.76. The van der Waals surface area contributed by atoms with Crippen molar-refractivity contribution in [3.05, 3.63) is 29.3 Å². The Hall–Kier alpha value is -1.41. The molecule has 1 rings (SSSR count). The van der Waals surface area contributed by atoms with Crippen LogP contribution in [0, 0.1) is 11.5 Å². The minimum atomic E-state index is -4.50. The van der Waals surface area contributed by atoms with E-state index in [1.807, 2.05) is 19.6 Å². The van der Waals surface area contributed by atoms with Gasteiger partial charge in [-0.15, -0.1) is 5.54 Å². The van der Waals surface area contributed by atoms with Gasteiger partial charge in [0.25, 0.3) is 0 Å². The quantitative estimate of drug-likeness (QED) is 0.556. The molecule has 0 aliphatic carbocycles. The average Bonchev–Trinajstić information content (AvgIpc) is 2.13. The Morgan fingerprint density at radius 3 is 2.24 bits per heavy atom. The molecule has 0 unspecified atom stereocenters. The van der Waals surface area contributed by atoms with Crippen molar-refractivity contribution < 1.29 is 18.3 Å². The zero-order valence-corrected chi connectivity index (χ0v) is 10.8. The first kappa shape index (κ1) is 13.7. The maximum atomic E-state index is 12.7. The predicted octanol–water partition coefficient (Wildman–Crippen LogP) is 3.64. The number of aromatic hydroxyl groups is 1. The van der Waals surface area contributed by atoms with Crippen molar-refractivity contribution in [2.75, 3.05) is 0 Å². The van der Waals surface area contributed by atoms with E-state index >= 15 is 0 Å². The molecule has 0 saturated heterocycles. The van der Waals surface area contributed by atoms with Crippen molar-refractivity contribution in [2.45, 2.75) is 25.8 Å². The first-order chi connectivity index (χ1) is 7.59. The molecule has 1 aromatic rings. The summed E-state index contributed by atoms with van der Waals surface area (Å²) in [6, 6.07) is 3.11. The molecule has 0 spiro atoms. The molecule has 0 saturated carbocycles. The van der Waals surface area contributed by atoms with Crippen molar-refractivity contribution in [1.82, 2.24) is 0 Å². The number of benzene rings is 1. The van der Waals surface area contributed by atoms with Gasteiger partial charge in [-0.25, -0.2) is 0 Å². The van der Waals surface area contributed by atoms with Crippen LogP contribution in [0.3, 0.4) is 0 Å². The van der Waals surface area contributed by atoms with Crippen LogP contribution in [0.15, 0.2) is 18.2 Å². The fraction of sp³-hybridized carbons (Fsp3) is 0.333. The molecule has 1 N–H and O–H groups in total. The van der Waals surface area contributed by atoms with Gasteiger partial charge >= 0.3 is 6.18 Å². The van der Waals surface area contributed by atoms with E-state index in [-0.39, 0.29) is 5.56 Å². The minimum Gasteiger partial charge on any atom is -0.508 e. The van der Waals surface area contributed by atoms with E-state index in [2.05, 4.69) is 11.5 Å². The Kier molecular flexibility index (Phi) is 3.58. The first-order valence-electron chi connectivity index (χ1n) is 5.03. The lowest BCUT2D eigenvalue weighted by Gasteiger charge is -2.10. The maximum Gasteiger partial charge on any atom is 0.417 e. The van der Waals surface area contributed by atoms with Gasteiger partial charge in [0, 0.05) is 5.56 Å². The molecule has 0 amide bonds. The molecule has 0 fully saturated rings. The zero-order chi connectivity index (χ0) is 13.3. The van der Waals surface area contributed by atoms with Crippen molar-refractivity contribution in [3.8, 4) is 17.2 Å². The largest absolute Gasteiger partial charge is 0.508 e. The first-order valence-corrected chi connectivity index (χ1v) is 8.53. The number of phenolic OH excluding ortho intramolecular Hbond substituents is 1. The highest BCUT2D eigenvalue weighted by atomic mass is 28.3. The summed E-state index contributed by atoms with van der Waals surface area (Å²) in [5, 5.41) is 9.09. The fourth-order valence-electron chi connectivity index (χ4n) is 1.13. The van der Waals surface area contributed by atoms with Crippen LogP contribution >= 0.6 is 0 Å². The van der Waals surface area contributed by atoms with Gasteiger partial charge in [-0.2, -0.15) is 13.2 Å². The van der Waals surface area contributed by atoms with E-state index < -0.39 is 25.6 Å². The third kappa shape index (κ3) is 4.15. The molecule has 1 aromatic carbocycles. The van der Waals surface area contributed by atoms with Crippen LogP contribution in [-0.4, -0.2) is 13.2 Å². The topological polar surface area (TPSA) is 20.2 Å². The molecule has 0 aromatic heterocycles. The number of hydrogen-bond acceptors (Lipinski definition) is 1. The summed E-state index contributed by atoms with van der Waals surface area (Å²) in [4.78, 5) is 0. The number of hydrogen-bond donors (Lipinski definition) is 1. The van der Waals surface area contributed by atoms with Crippen molar-refractivity contribution in [3.63, 3.8) is 0 Å². The standard InChI is InChI=1S/C12H13F3OSi/c1-17(2,3)7-6-9-4-5-10(16)8-11(9)12(13,14)15/h4-5,8,16H,1-3H3. The number of halogens is 3. The smallest absolute Gasteiger partial charge is 0.417 e. The third-order valence-electron chi connectivity index (χ3n) is 1.88. The van der Waals surface area contributed by atoms with E-state index in [0.29, 0.717) is 6.07 Å². The van der Waals surface area contributed by atoms with Crippen LogP contribution in [0.5, 0.6) is 5.75 Å². The minimum absolute atomic E-state index is 0.0854. The summed E-state index contributed by atoms with van der Waals surface area (Å²) in [5.74, 6) is 2.16. The Morgan fingerprint density at radius 1 is 1.18 bits per heavy atom. The van der Waals surface area contributed by atoms with E-state index in [9.17, 15) is 13.2 Å². The molecule has 0 heterocycles. The Labute approximate surface area is 99.3 Å². The summed E-state index contributed by atoms with van der Waals surface area (Å²) in [6.45, 7) is 5.86. The van der Waals surface area contributed by atoms with Gasteiger partial charge in [-0.05, 0) is 18.2 Å². The molecule has 17 heavy (non-hydrogen) atoms. The molecule has 1 nitrogen and oxygen atoms in total. The Morgan fingerprint density at radius 2 is 1.76 bits per heavy atom. The maximum absolute atomic E-state index is 12.7. The summed E-state index contributed by atoms with van der Waals surface area (Å²) in [5.41, 5.74) is 1.91. The van der Waals surface area contributed by atoms with Gasteiger partial charge in [0.15, 0.2) is 0 Å². The van der Waals surface area contributed by atoms with E-state index in [0.717, 1.165) is 0 Å². The summed E-state index contributed by atoms with van der Waals surface area (Å²) >= 11 is 0. The summed E-state index contributed by atoms with van der Waals surface area (Å²) in [7, 11) is -1.73. The normalized spacial score (nSPS) is 11.9. The monoisotopic (exact) mass is 258 g/mol. The second-order valence-electron chi connectivity index (χ2n) is 4.73. The SMILES string of the molecule is C[Si](C)(C)C#Cc1ccc(O)cc1C(F)(F)F.